The van der Waals surface area contributed by atoms with Gasteiger partial charge in [0.05, 0.1) is 0 Å². The number of rotatable bonds is 5. The van der Waals surface area contributed by atoms with E-state index in [0.717, 1.165) is 18.9 Å². The fourth-order valence-corrected chi connectivity index (χ4v) is 2.74. The largest absolute Gasteiger partial charge is 0.352 e. The summed E-state index contributed by atoms with van der Waals surface area (Å²) in [7, 11) is 3.73. The molecule has 2 rings (SSSR count). The van der Waals surface area contributed by atoms with Crippen LogP contribution in [-0.4, -0.2) is 31.5 Å². The predicted molar refractivity (Wildman–Crippen MR) is 87.3 cm³/mol. The Balaban J connectivity index is 1.86. The van der Waals surface area contributed by atoms with Crippen molar-refractivity contribution < 1.29 is 4.39 Å². The van der Waals surface area contributed by atoms with E-state index in [4.69, 9.17) is 0 Å². The van der Waals surface area contributed by atoms with Gasteiger partial charge in [0.25, 0.3) is 0 Å². The summed E-state index contributed by atoms with van der Waals surface area (Å²) in [4.78, 5) is 7.65. The van der Waals surface area contributed by atoms with E-state index in [1.165, 1.54) is 10.9 Å². The fourth-order valence-electron chi connectivity index (χ4n) is 2.04. The Hall–Kier alpha value is -1.88. The molecule has 3 nitrogen and oxygen atoms in total. The van der Waals surface area contributed by atoms with E-state index < -0.39 is 0 Å². The third-order valence-corrected chi connectivity index (χ3v) is 4.18. The van der Waals surface area contributed by atoms with Crippen LogP contribution in [0.25, 0.3) is 0 Å². The number of benzene rings is 1. The van der Waals surface area contributed by atoms with Crippen molar-refractivity contribution in [3.63, 3.8) is 0 Å². The molecule has 0 saturated heterocycles. The first-order valence-electron chi connectivity index (χ1n) is 6.88. The lowest BCUT2D eigenvalue weighted by molar-refractivity contribution is 0.485. The zero-order chi connectivity index (χ0) is 15.1. The van der Waals surface area contributed by atoms with Gasteiger partial charge in [-0.2, -0.15) is 0 Å². The van der Waals surface area contributed by atoms with Gasteiger partial charge in [0.2, 0.25) is 0 Å². The van der Waals surface area contributed by atoms with Crippen molar-refractivity contribution in [2.24, 2.45) is 4.99 Å². The fraction of sp³-hybridized carbons (Fsp3) is 0.312. The van der Waals surface area contributed by atoms with Crippen LogP contribution in [0.15, 0.2) is 46.8 Å². The molecule has 0 aliphatic carbocycles. The Morgan fingerprint density at radius 3 is 2.76 bits per heavy atom. The maximum absolute atomic E-state index is 13.6. The summed E-state index contributed by atoms with van der Waals surface area (Å²) in [6, 6.07) is 11.0. The maximum atomic E-state index is 13.6. The van der Waals surface area contributed by atoms with Gasteiger partial charge < -0.3 is 10.2 Å². The van der Waals surface area contributed by atoms with Gasteiger partial charge in [0, 0.05) is 37.6 Å². The van der Waals surface area contributed by atoms with Crippen LogP contribution in [0, 0.1) is 5.82 Å². The zero-order valence-corrected chi connectivity index (χ0v) is 13.2. The summed E-state index contributed by atoms with van der Waals surface area (Å²) >= 11 is 1.76. The lowest BCUT2D eigenvalue weighted by Gasteiger charge is -2.22. The van der Waals surface area contributed by atoms with Gasteiger partial charge in [-0.1, -0.05) is 24.3 Å². The molecule has 0 unspecified atom stereocenters. The van der Waals surface area contributed by atoms with Crippen molar-refractivity contribution >= 4 is 17.3 Å². The molecule has 0 aliphatic rings. The molecule has 0 saturated carbocycles. The smallest absolute Gasteiger partial charge is 0.193 e. The first-order valence-corrected chi connectivity index (χ1v) is 7.76. The van der Waals surface area contributed by atoms with Crippen molar-refractivity contribution in [2.45, 2.75) is 13.0 Å². The first kappa shape index (κ1) is 15.5. The summed E-state index contributed by atoms with van der Waals surface area (Å²) in [5.74, 6) is 0.580. The van der Waals surface area contributed by atoms with Gasteiger partial charge in [0.15, 0.2) is 5.96 Å². The zero-order valence-electron chi connectivity index (χ0n) is 12.3. The molecule has 21 heavy (non-hydrogen) atoms. The molecule has 1 aromatic carbocycles. The highest BCUT2D eigenvalue weighted by Gasteiger charge is 2.07. The molecule has 0 atom stereocenters. The highest BCUT2D eigenvalue weighted by molar-refractivity contribution is 7.09. The minimum absolute atomic E-state index is 0.193. The molecular formula is C16H20FN3S. The lowest BCUT2D eigenvalue weighted by Crippen LogP contribution is -2.39. The molecule has 1 N–H and O–H groups in total. The van der Waals surface area contributed by atoms with E-state index >= 15 is 0 Å². The summed E-state index contributed by atoms with van der Waals surface area (Å²) < 4.78 is 13.6. The summed E-state index contributed by atoms with van der Waals surface area (Å²) in [5.41, 5.74) is 0.644. The van der Waals surface area contributed by atoms with Crippen LogP contribution in [0.5, 0.6) is 0 Å². The Morgan fingerprint density at radius 1 is 1.29 bits per heavy atom. The minimum Gasteiger partial charge on any atom is -0.352 e. The van der Waals surface area contributed by atoms with E-state index in [1.54, 1.807) is 30.5 Å². The van der Waals surface area contributed by atoms with E-state index in [0.29, 0.717) is 12.1 Å². The molecule has 1 heterocycles. The number of nitrogens with one attached hydrogen (secondary N) is 1. The number of halogens is 1. The highest BCUT2D eigenvalue weighted by atomic mass is 32.1. The van der Waals surface area contributed by atoms with Crippen molar-refractivity contribution in [3.8, 4) is 0 Å². The average Bonchev–Trinajstić information content (AvgIpc) is 3.01. The van der Waals surface area contributed by atoms with Crippen molar-refractivity contribution in [1.82, 2.24) is 10.2 Å². The molecular weight excluding hydrogens is 285 g/mol. The highest BCUT2D eigenvalue weighted by Crippen LogP contribution is 2.10. The summed E-state index contributed by atoms with van der Waals surface area (Å²) in [6.07, 6.45) is 0.981. The third-order valence-electron chi connectivity index (χ3n) is 3.24. The van der Waals surface area contributed by atoms with Crippen LogP contribution in [0.2, 0.25) is 0 Å². The Morgan fingerprint density at radius 2 is 2.10 bits per heavy atom. The van der Waals surface area contributed by atoms with Crippen LogP contribution >= 0.6 is 11.3 Å². The van der Waals surface area contributed by atoms with Gasteiger partial charge >= 0.3 is 0 Å². The number of hydrogen-bond donors (Lipinski definition) is 1. The number of aliphatic imine (C=N–C) groups is 1. The monoisotopic (exact) mass is 305 g/mol. The van der Waals surface area contributed by atoms with E-state index in [2.05, 4.69) is 32.7 Å². The van der Waals surface area contributed by atoms with Crippen molar-refractivity contribution in [1.29, 1.82) is 0 Å². The van der Waals surface area contributed by atoms with Crippen LogP contribution in [-0.2, 0) is 13.0 Å². The van der Waals surface area contributed by atoms with Crippen LogP contribution < -0.4 is 5.32 Å². The number of thiophene rings is 1. The third kappa shape index (κ3) is 4.56. The molecule has 5 heteroatoms. The Kier molecular flexibility index (Phi) is 5.75. The second-order valence-electron chi connectivity index (χ2n) is 4.74. The topological polar surface area (TPSA) is 27.6 Å². The van der Waals surface area contributed by atoms with Crippen LogP contribution in [0.3, 0.4) is 0 Å². The second-order valence-corrected chi connectivity index (χ2v) is 5.78. The quantitative estimate of drug-likeness (QED) is 0.679. The number of hydrogen-bond acceptors (Lipinski definition) is 2. The van der Waals surface area contributed by atoms with Gasteiger partial charge in [-0.05, 0) is 23.9 Å². The molecule has 112 valence electrons. The van der Waals surface area contributed by atoms with Gasteiger partial charge in [-0.3, -0.25) is 4.99 Å². The second kappa shape index (κ2) is 7.78. The standard InChI is InChI=1S/C16H20FN3S/c1-18-16(19-12-13-6-3-4-8-15(13)17)20(2)10-9-14-7-5-11-21-14/h3-8,11H,9-10,12H2,1-2H3,(H,18,19). The number of guanidine groups is 1. The SMILES string of the molecule is CN=C(NCc1ccccc1F)N(C)CCc1cccs1. The van der Waals surface area contributed by atoms with E-state index in [-0.39, 0.29) is 5.82 Å². The average molecular weight is 305 g/mol. The molecule has 2 aromatic rings. The van der Waals surface area contributed by atoms with Crippen molar-refractivity contribution in [3.05, 3.63) is 58.0 Å². The molecule has 0 radical (unpaired) electrons. The van der Waals surface area contributed by atoms with Gasteiger partial charge in [-0.25, -0.2) is 4.39 Å². The summed E-state index contributed by atoms with van der Waals surface area (Å²) in [5, 5.41) is 5.28. The van der Waals surface area contributed by atoms with Crippen LogP contribution in [0.1, 0.15) is 10.4 Å². The van der Waals surface area contributed by atoms with Crippen LogP contribution in [0.4, 0.5) is 4.39 Å². The molecule has 1 aromatic heterocycles. The van der Waals surface area contributed by atoms with E-state index in [9.17, 15) is 4.39 Å². The molecule has 0 aliphatic heterocycles. The van der Waals surface area contributed by atoms with Crippen molar-refractivity contribution in [2.75, 3.05) is 20.6 Å². The van der Waals surface area contributed by atoms with Gasteiger partial charge in [0.1, 0.15) is 5.82 Å². The Labute approximate surface area is 129 Å². The maximum Gasteiger partial charge on any atom is 0.193 e. The minimum atomic E-state index is -0.193. The predicted octanol–water partition coefficient (Wildman–Crippen LogP) is 3.14. The molecule has 0 spiro atoms. The lowest BCUT2D eigenvalue weighted by atomic mass is 10.2. The Bertz CT molecular complexity index is 581. The number of likely N-dealkylation sites (N-methyl/N-ethyl adjacent to an activating group) is 1. The summed E-state index contributed by atoms with van der Waals surface area (Å²) in [6.45, 7) is 1.31. The normalized spacial score (nSPS) is 11.5. The molecule has 0 fully saturated rings. The molecule has 0 bridgehead atoms. The van der Waals surface area contributed by atoms with E-state index in [1.807, 2.05) is 13.1 Å². The van der Waals surface area contributed by atoms with Gasteiger partial charge in [-0.15, -0.1) is 11.3 Å². The molecule has 0 amide bonds. The number of nitrogens with zero attached hydrogens (tertiary/aromatic N) is 2. The first-order chi connectivity index (χ1) is 10.2.